The van der Waals surface area contributed by atoms with Crippen LogP contribution in [-0.2, 0) is 0 Å². The van der Waals surface area contributed by atoms with Crippen LogP contribution in [0.5, 0.6) is 17.2 Å². The molecule has 28 heavy (non-hydrogen) atoms. The molecule has 2 aromatic carbocycles. The molecule has 0 amide bonds. The number of anilines is 1. The minimum Gasteiger partial charge on any atom is -0.497 e. The van der Waals surface area contributed by atoms with Crippen molar-refractivity contribution in [3.05, 3.63) is 53.7 Å². The van der Waals surface area contributed by atoms with Crippen molar-refractivity contribution in [3.8, 4) is 45.6 Å². The van der Waals surface area contributed by atoms with Crippen LogP contribution in [0.4, 0.5) is 5.82 Å². The highest BCUT2D eigenvalue weighted by molar-refractivity contribution is 5.93. The Morgan fingerprint density at radius 3 is 2.21 bits per heavy atom. The topological polar surface area (TPSA) is 90.4 Å². The van der Waals surface area contributed by atoms with E-state index in [2.05, 4.69) is 11.1 Å². The smallest absolute Gasteiger partial charge is 0.168 e. The monoisotopic (exact) mass is 375 g/mol. The number of nitriles is 1. The number of aryl methyl sites for hydroxylation is 1. The molecule has 1 heterocycles. The third kappa shape index (κ3) is 3.19. The van der Waals surface area contributed by atoms with Crippen molar-refractivity contribution in [1.82, 2.24) is 4.98 Å². The number of nitrogens with two attached hydrogens (primary N) is 1. The lowest BCUT2D eigenvalue weighted by Gasteiger charge is -2.19. The Morgan fingerprint density at radius 2 is 1.64 bits per heavy atom. The minimum atomic E-state index is 0.178. The van der Waals surface area contributed by atoms with Gasteiger partial charge in [-0.15, -0.1) is 0 Å². The summed E-state index contributed by atoms with van der Waals surface area (Å²) in [6, 6.07) is 15.3. The summed E-state index contributed by atoms with van der Waals surface area (Å²) in [6.07, 6.45) is 0. The molecule has 3 aromatic rings. The van der Waals surface area contributed by atoms with Crippen molar-refractivity contribution in [1.29, 1.82) is 5.26 Å². The molecular formula is C22H21N3O3. The SMILES string of the molecule is COc1ccc(-c2c(C)nc(N)c(C#N)c2-c2cccc(OC)c2OC)cc1. The van der Waals surface area contributed by atoms with E-state index < -0.39 is 0 Å². The zero-order valence-electron chi connectivity index (χ0n) is 16.2. The number of pyridine rings is 1. The lowest BCUT2D eigenvalue weighted by atomic mass is 9.89. The Labute approximate surface area is 164 Å². The van der Waals surface area contributed by atoms with Crippen molar-refractivity contribution in [3.63, 3.8) is 0 Å². The fourth-order valence-corrected chi connectivity index (χ4v) is 3.30. The molecule has 0 saturated carbocycles. The molecule has 0 atom stereocenters. The van der Waals surface area contributed by atoms with Gasteiger partial charge >= 0.3 is 0 Å². The Bertz CT molecular complexity index is 1050. The number of nitrogen functional groups attached to an aromatic ring is 1. The van der Waals surface area contributed by atoms with Crippen LogP contribution < -0.4 is 19.9 Å². The number of para-hydroxylation sites is 1. The van der Waals surface area contributed by atoms with Crippen molar-refractivity contribution >= 4 is 5.82 Å². The molecule has 2 N–H and O–H groups in total. The Morgan fingerprint density at radius 1 is 0.929 bits per heavy atom. The molecule has 142 valence electrons. The van der Waals surface area contributed by atoms with E-state index in [1.165, 1.54) is 0 Å². The van der Waals surface area contributed by atoms with Gasteiger partial charge < -0.3 is 19.9 Å². The molecule has 0 aliphatic rings. The number of rotatable bonds is 5. The van der Waals surface area contributed by atoms with Gasteiger partial charge in [-0.25, -0.2) is 4.98 Å². The fraction of sp³-hybridized carbons (Fsp3) is 0.182. The molecule has 6 heteroatoms. The van der Waals surface area contributed by atoms with Gasteiger partial charge in [-0.1, -0.05) is 24.3 Å². The van der Waals surface area contributed by atoms with Gasteiger partial charge in [0.1, 0.15) is 23.2 Å². The second kappa shape index (κ2) is 7.89. The summed E-state index contributed by atoms with van der Waals surface area (Å²) in [5.74, 6) is 2.02. The molecule has 0 radical (unpaired) electrons. The van der Waals surface area contributed by atoms with Crippen LogP contribution in [0.3, 0.4) is 0 Å². The Hall–Kier alpha value is -3.72. The lowest BCUT2D eigenvalue weighted by molar-refractivity contribution is 0.356. The Kier molecular flexibility index (Phi) is 5.37. The van der Waals surface area contributed by atoms with E-state index in [1.54, 1.807) is 27.4 Å². The first-order valence-electron chi connectivity index (χ1n) is 8.61. The van der Waals surface area contributed by atoms with E-state index in [1.807, 2.05) is 43.3 Å². The number of methoxy groups -OCH3 is 3. The normalized spacial score (nSPS) is 10.2. The van der Waals surface area contributed by atoms with Gasteiger partial charge in [0.05, 0.1) is 21.3 Å². The van der Waals surface area contributed by atoms with Gasteiger partial charge in [-0.3, -0.25) is 0 Å². The molecule has 6 nitrogen and oxygen atoms in total. The summed E-state index contributed by atoms with van der Waals surface area (Å²) in [6.45, 7) is 1.87. The minimum absolute atomic E-state index is 0.178. The van der Waals surface area contributed by atoms with E-state index >= 15 is 0 Å². The molecule has 0 saturated heterocycles. The quantitative estimate of drug-likeness (QED) is 0.719. The zero-order chi connectivity index (χ0) is 20.3. The first-order valence-corrected chi connectivity index (χ1v) is 8.61. The highest BCUT2D eigenvalue weighted by Crippen LogP contribution is 2.45. The highest BCUT2D eigenvalue weighted by Gasteiger charge is 2.23. The fourth-order valence-electron chi connectivity index (χ4n) is 3.30. The molecule has 0 bridgehead atoms. The molecule has 1 aromatic heterocycles. The summed E-state index contributed by atoms with van der Waals surface area (Å²) < 4.78 is 16.3. The van der Waals surface area contributed by atoms with E-state index in [4.69, 9.17) is 19.9 Å². The Balaban J connectivity index is 2.42. The van der Waals surface area contributed by atoms with Gasteiger partial charge in [0, 0.05) is 22.4 Å². The number of benzene rings is 2. The van der Waals surface area contributed by atoms with Crippen molar-refractivity contribution in [2.75, 3.05) is 27.1 Å². The lowest BCUT2D eigenvalue weighted by Crippen LogP contribution is -2.04. The maximum Gasteiger partial charge on any atom is 0.168 e. The standard InChI is InChI=1S/C22H21N3O3/c1-13-19(14-8-10-15(26-2)11-9-14)20(17(12-23)22(24)25-13)16-6-5-7-18(27-3)21(16)28-4/h5-11H,1-4H3,(H2,24,25). The number of hydrogen-bond acceptors (Lipinski definition) is 6. The number of ether oxygens (including phenoxy) is 3. The molecule has 0 aliphatic carbocycles. The third-order valence-corrected chi connectivity index (χ3v) is 4.57. The van der Waals surface area contributed by atoms with Crippen LogP contribution in [0.15, 0.2) is 42.5 Å². The number of nitrogens with zero attached hydrogens (tertiary/aromatic N) is 2. The van der Waals surface area contributed by atoms with Gasteiger partial charge in [-0.2, -0.15) is 5.26 Å². The molecule has 3 rings (SSSR count). The van der Waals surface area contributed by atoms with Gasteiger partial charge in [-0.05, 0) is 30.7 Å². The van der Waals surface area contributed by atoms with Gasteiger partial charge in [0.2, 0.25) is 0 Å². The third-order valence-electron chi connectivity index (χ3n) is 4.57. The first-order chi connectivity index (χ1) is 13.5. The van der Waals surface area contributed by atoms with E-state index in [0.717, 1.165) is 16.9 Å². The number of aromatic nitrogens is 1. The maximum atomic E-state index is 9.83. The largest absolute Gasteiger partial charge is 0.497 e. The first kappa shape index (κ1) is 19.1. The molecule has 0 fully saturated rings. The van der Waals surface area contributed by atoms with Crippen LogP contribution in [0, 0.1) is 18.3 Å². The summed E-state index contributed by atoms with van der Waals surface area (Å²) in [5.41, 5.74) is 10.2. The molecular weight excluding hydrogens is 354 g/mol. The predicted molar refractivity (Wildman–Crippen MR) is 109 cm³/mol. The van der Waals surface area contributed by atoms with E-state index in [-0.39, 0.29) is 5.82 Å². The molecule has 0 spiro atoms. The maximum absolute atomic E-state index is 9.83. The second-order valence-corrected chi connectivity index (χ2v) is 6.09. The summed E-state index contributed by atoms with van der Waals surface area (Å²) in [7, 11) is 4.76. The van der Waals surface area contributed by atoms with Gasteiger partial charge in [0.25, 0.3) is 0 Å². The summed E-state index contributed by atoms with van der Waals surface area (Å²) in [5, 5.41) is 9.83. The van der Waals surface area contributed by atoms with Crippen molar-refractivity contribution in [2.45, 2.75) is 6.92 Å². The second-order valence-electron chi connectivity index (χ2n) is 6.09. The van der Waals surface area contributed by atoms with Crippen LogP contribution in [0.25, 0.3) is 22.3 Å². The van der Waals surface area contributed by atoms with Crippen LogP contribution in [-0.4, -0.2) is 26.3 Å². The number of hydrogen-bond donors (Lipinski definition) is 1. The van der Waals surface area contributed by atoms with E-state index in [0.29, 0.717) is 33.9 Å². The summed E-state index contributed by atoms with van der Waals surface area (Å²) >= 11 is 0. The predicted octanol–water partition coefficient (Wildman–Crippen LogP) is 4.20. The van der Waals surface area contributed by atoms with Gasteiger partial charge in [0.15, 0.2) is 11.5 Å². The zero-order valence-corrected chi connectivity index (χ0v) is 16.2. The van der Waals surface area contributed by atoms with Crippen LogP contribution in [0.2, 0.25) is 0 Å². The average molecular weight is 375 g/mol. The average Bonchev–Trinajstić information content (AvgIpc) is 2.72. The molecule has 0 aliphatic heterocycles. The summed E-state index contributed by atoms with van der Waals surface area (Å²) in [4.78, 5) is 4.40. The van der Waals surface area contributed by atoms with Crippen LogP contribution in [0.1, 0.15) is 11.3 Å². The van der Waals surface area contributed by atoms with Crippen molar-refractivity contribution < 1.29 is 14.2 Å². The highest BCUT2D eigenvalue weighted by atomic mass is 16.5. The molecule has 0 unspecified atom stereocenters. The van der Waals surface area contributed by atoms with Crippen molar-refractivity contribution in [2.24, 2.45) is 0 Å². The van der Waals surface area contributed by atoms with Crippen LogP contribution >= 0.6 is 0 Å². The van der Waals surface area contributed by atoms with E-state index in [9.17, 15) is 5.26 Å².